The molecule has 0 saturated heterocycles. The van der Waals surface area contributed by atoms with Crippen molar-refractivity contribution < 1.29 is 13.6 Å². The highest BCUT2D eigenvalue weighted by atomic mass is 19.1. The number of nitrogens with one attached hydrogen (secondary N) is 1. The number of carbonyl (C=O) groups excluding carboxylic acids is 1. The molecule has 27 heavy (non-hydrogen) atoms. The van der Waals surface area contributed by atoms with E-state index in [2.05, 4.69) is 15.3 Å². The van der Waals surface area contributed by atoms with E-state index in [4.69, 9.17) is 4.42 Å². The largest absolute Gasteiger partial charge is 0.441 e. The van der Waals surface area contributed by atoms with Gasteiger partial charge in [-0.05, 0) is 30.3 Å². The predicted molar refractivity (Wildman–Crippen MR) is 101 cm³/mol. The van der Waals surface area contributed by atoms with Gasteiger partial charge in [0.2, 0.25) is 5.91 Å². The summed E-state index contributed by atoms with van der Waals surface area (Å²) in [5.41, 5.74) is 1.69. The molecular formula is C20H21FN4O2. The fourth-order valence-corrected chi connectivity index (χ4v) is 2.65. The van der Waals surface area contributed by atoms with E-state index in [0.29, 0.717) is 24.6 Å². The van der Waals surface area contributed by atoms with E-state index in [1.807, 2.05) is 31.1 Å². The van der Waals surface area contributed by atoms with Gasteiger partial charge >= 0.3 is 0 Å². The van der Waals surface area contributed by atoms with E-state index >= 15 is 0 Å². The quantitative estimate of drug-likeness (QED) is 0.693. The molecule has 7 heteroatoms. The zero-order valence-electron chi connectivity index (χ0n) is 15.3. The Hall–Kier alpha value is -3.22. The van der Waals surface area contributed by atoms with Crippen molar-refractivity contribution >= 4 is 11.7 Å². The minimum Gasteiger partial charge on any atom is -0.441 e. The van der Waals surface area contributed by atoms with Gasteiger partial charge in [0.1, 0.15) is 11.6 Å². The molecule has 0 unspecified atom stereocenters. The third kappa shape index (κ3) is 4.91. The van der Waals surface area contributed by atoms with Gasteiger partial charge in [0.25, 0.3) is 0 Å². The topological polar surface area (TPSA) is 71.3 Å². The molecule has 140 valence electrons. The molecule has 6 nitrogen and oxygen atoms in total. The number of hydrogen-bond donors (Lipinski definition) is 1. The third-order valence-electron chi connectivity index (χ3n) is 4.02. The SMILES string of the molecule is CN(C)c1ncccc1CNC(=O)CCc1ncc(-c2ccc(F)cc2)o1. The third-order valence-corrected chi connectivity index (χ3v) is 4.02. The molecule has 1 amide bonds. The summed E-state index contributed by atoms with van der Waals surface area (Å²) in [7, 11) is 3.82. The Bertz CT molecular complexity index is 906. The van der Waals surface area contributed by atoms with Crippen molar-refractivity contribution in [2.75, 3.05) is 19.0 Å². The van der Waals surface area contributed by atoms with Gasteiger partial charge in [-0.2, -0.15) is 0 Å². The maximum Gasteiger partial charge on any atom is 0.220 e. The summed E-state index contributed by atoms with van der Waals surface area (Å²) in [6, 6.07) is 9.77. The van der Waals surface area contributed by atoms with Gasteiger partial charge in [-0.15, -0.1) is 0 Å². The maximum absolute atomic E-state index is 13.0. The zero-order valence-corrected chi connectivity index (χ0v) is 15.3. The van der Waals surface area contributed by atoms with Crippen LogP contribution in [0.3, 0.4) is 0 Å². The summed E-state index contributed by atoms with van der Waals surface area (Å²) < 4.78 is 18.6. The monoisotopic (exact) mass is 368 g/mol. The summed E-state index contributed by atoms with van der Waals surface area (Å²) in [5, 5.41) is 2.89. The van der Waals surface area contributed by atoms with Crippen LogP contribution < -0.4 is 10.2 Å². The lowest BCUT2D eigenvalue weighted by Gasteiger charge is -2.16. The van der Waals surface area contributed by atoms with Crippen LogP contribution in [0.2, 0.25) is 0 Å². The molecule has 2 heterocycles. The molecule has 0 aliphatic carbocycles. The van der Waals surface area contributed by atoms with Crippen LogP contribution in [0.25, 0.3) is 11.3 Å². The van der Waals surface area contributed by atoms with Crippen molar-refractivity contribution in [2.24, 2.45) is 0 Å². The first-order chi connectivity index (χ1) is 13.0. The van der Waals surface area contributed by atoms with E-state index in [1.54, 1.807) is 24.5 Å². The number of benzene rings is 1. The molecule has 3 rings (SSSR count). The van der Waals surface area contributed by atoms with Crippen LogP contribution >= 0.6 is 0 Å². The predicted octanol–water partition coefficient (Wildman–Crippen LogP) is 3.19. The Morgan fingerprint density at radius 2 is 1.96 bits per heavy atom. The van der Waals surface area contributed by atoms with E-state index in [1.165, 1.54) is 12.1 Å². The molecular weight excluding hydrogens is 347 g/mol. The molecule has 0 atom stereocenters. The smallest absolute Gasteiger partial charge is 0.220 e. The van der Waals surface area contributed by atoms with Gasteiger partial charge < -0.3 is 14.6 Å². The van der Waals surface area contributed by atoms with Crippen LogP contribution in [0.1, 0.15) is 17.9 Å². The van der Waals surface area contributed by atoms with Crippen molar-refractivity contribution in [1.29, 1.82) is 0 Å². The number of anilines is 1. The van der Waals surface area contributed by atoms with Gasteiger partial charge in [0, 0.05) is 50.8 Å². The zero-order chi connectivity index (χ0) is 19.2. The van der Waals surface area contributed by atoms with Gasteiger partial charge in [-0.1, -0.05) is 6.07 Å². The van der Waals surface area contributed by atoms with E-state index in [-0.39, 0.29) is 18.1 Å². The number of aryl methyl sites for hydroxylation is 1. The highest BCUT2D eigenvalue weighted by Crippen LogP contribution is 2.21. The second-order valence-corrected chi connectivity index (χ2v) is 6.28. The average Bonchev–Trinajstić information content (AvgIpc) is 3.14. The Morgan fingerprint density at radius 1 is 1.19 bits per heavy atom. The van der Waals surface area contributed by atoms with Crippen LogP contribution in [-0.4, -0.2) is 30.0 Å². The summed E-state index contributed by atoms with van der Waals surface area (Å²) in [6.07, 6.45) is 3.96. The highest BCUT2D eigenvalue weighted by Gasteiger charge is 2.11. The molecule has 3 aromatic rings. The van der Waals surface area contributed by atoms with Gasteiger partial charge in [0.15, 0.2) is 11.7 Å². The summed E-state index contributed by atoms with van der Waals surface area (Å²) in [5.74, 6) is 1.46. The lowest BCUT2D eigenvalue weighted by Crippen LogP contribution is -2.24. The standard InChI is InChI=1S/C20H21FN4O2/c1-25(2)20-15(4-3-11-22-20)12-23-18(26)9-10-19-24-13-17(27-19)14-5-7-16(21)8-6-14/h3-8,11,13H,9-10,12H2,1-2H3,(H,23,26). The van der Waals surface area contributed by atoms with E-state index in [0.717, 1.165) is 16.9 Å². The number of amides is 1. The van der Waals surface area contributed by atoms with Crippen molar-refractivity contribution in [2.45, 2.75) is 19.4 Å². The van der Waals surface area contributed by atoms with Crippen molar-refractivity contribution in [3.63, 3.8) is 0 Å². The highest BCUT2D eigenvalue weighted by molar-refractivity contribution is 5.76. The molecule has 1 aromatic carbocycles. The molecule has 0 radical (unpaired) electrons. The first kappa shape index (κ1) is 18.6. The lowest BCUT2D eigenvalue weighted by molar-refractivity contribution is -0.121. The van der Waals surface area contributed by atoms with Crippen molar-refractivity contribution in [3.05, 3.63) is 66.1 Å². The fourth-order valence-electron chi connectivity index (χ4n) is 2.65. The lowest BCUT2D eigenvalue weighted by atomic mass is 10.2. The molecule has 1 N–H and O–H groups in total. The Morgan fingerprint density at radius 3 is 2.70 bits per heavy atom. The maximum atomic E-state index is 13.0. The molecule has 0 bridgehead atoms. The second kappa shape index (κ2) is 8.44. The number of carbonyl (C=O) groups is 1. The molecule has 0 aliphatic rings. The minimum absolute atomic E-state index is 0.0925. The van der Waals surface area contributed by atoms with Gasteiger partial charge in [0.05, 0.1) is 6.20 Å². The van der Waals surface area contributed by atoms with E-state index in [9.17, 15) is 9.18 Å². The number of hydrogen-bond acceptors (Lipinski definition) is 5. The molecule has 0 saturated carbocycles. The first-order valence-electron chi connectivity index (χ1n) is 8.61. The molecule has 0 fully saturated rings. The summed E-state index contributed by atoms with van der Waals surface area (Å²) in [6.45, 7) is 0.409. The van der Waals surface area contributed by atoms with Crippen LogP contribution in [-0.2, 0) is 17.8 Å². The Balaban J connectivity index is 1.52. The van der Waals surface area contributed by atoms with Crippen LogP contribution in [0.4, 0.5) is 10.2 Å². The normalized spacial score (nSPS) is 10.6. The van der Waals surface area contributed by atoms with Crippen LogP contribution in [0, 0.1) is 5.82 Å². The second-order valence-electron chi connectivity index (χ2n) is 6.28. The minimum atomic E-state index is -0.304. The summed E-state index contributed by atoms with van der Waals surface area (Å²) in [4.78, 5) is 22.5. The molecule has 2 aromatic heterocycles. The number of oxazole rings is 1. The van der Waals surface area contributed by atoms with Gasteiger partial charge in [-0.25, -0.2) is 14.4 Å². The first-order valence-corrected chi connectivity index (χ1v) is 8.61. The fraction of sp³-hybridized carbons (Fsp3) is 0.250. The van der Waals surface area contributed by atoms with Crippen molar-refractivity contribution in [1.82, 2.24) is 15.3 Å². The Labute approximate surface area is 157 Å². The molecule has 0 aliphatic heterocycles. The van der Waals surface area contributed by atoms with Crippen molar-refractivity contribution in [3.8, 4) is 11.3 Å². The van der Waals surface area contributed by atoms with E-state index < -0.39 is 0 Å². The van der Waals surface area contributed by atoms with Crippen LogP contribution in [0.5, 0.6) is 0 Å². The number of rotatable bonds is 7. The number of nitrogens with zero attached hydrogens (tertiary/aromatic N) is 3. The van der Waals surface area contributed by atoms with Crippen LogP contribution in [0.15, 0.2) is 53.2 Å². The molecule has 0 spiro atoms. The summed E-state index contributed by atoms with van der Waals surface area (Å²) >= 11 is 0. The number of halogens is 1. The Kier molecular flexibility index (Phi) is 5.80. The van der Waals surface area contributed by atoms with Gasteiger partial charge in [-0.3, -0.25) is 4.79 Å². The average molecular weight is 368 g/mol. The number of pyridine rings is 1. The number of aromatic nitrogens is 2.